The van der Waals surface area contributed by atoms with E-state index in [4.69, 9.17) is 18.7 Å². The molecule has 0 unspecified atom stereocenters. The van der Waals surface area contributed by atoms with Gasteiger partial charge in [-0.1, -0.05) is 11.2 Å². The third-order valence-electron chi connectivity index (χ3n) is 4.29. The van der Waals surface area contributed by atoms with Gasteiger partial charge in [0.25, 0.3) is 5.89 Å². The minimum atomic E-state index is -3.68. The van der Waals surface area contributed by atoms with E-state index in [1.54, 1.807) is 25.3 Å². The van der Waals surface area contributed by atoms with Crippen molar-refractivity contribution in [3.05, 3.63) is 53.9 Å². The van der Waals surface area contributed by atoms with Crippen LogP contribution in [-0.4, -0.2) is 57.1 Å². The SMILES string of the molecule is COc1ccc(-c2noc(COC(=O)c3cccc(S(=O)(=O)N(C)C)c3)n2)c(OC)c1. The van der Waals surface area contributed by atoms with E-state index in [0.29, 0.717) is 17.1 Å². The molecule has 0 N–H and O–H groups in total. The minimum Gasteiger partial charge on any atom is -0.497 e. The highest BCUT2D eigenvalue weighted by molar-refractivity contribution is 7.89. The van der Waals surface area contributed by atoms with E-state index in [-0.39, 0.29) is 28.8 Å². The van der Waals surface area contributed by atoms with Crippen molar-refractivity contribution >= 4 is 16.0 Å². The van der Waals surface area contributed by atoms with Gasteiger partial charge < -0.3 is 18.7 Å². The van der Waals surface area contributed by atoms with Gasteiger partial charge in [-0.2, -0.15) is 4.98 Å². The molecule has 10 nitrogen and oxygen atoms in total. The second-order valence-corrected chi connectivity index (χ2v) is 8.62. The molecule has 0 saturated carbocycles. The largest absolute Gasteiger partial charge is 0.497 e. The summed E-state index contributed by atoms with van der Waals surface area (Å²) < 4.78 is 46.4. The van der Waals surface area contributed by atoms with Crippen molar-refractivity contribution in [1.29, 1.82) is 0 Å². The standard InChI is InChI=1S/C20H21N3O7S/c1-23(2)31(25,26)15-7-5-6-13(10-15)20(24)29-12-18-21-19(22-30-18)16-9-8-14(27-3)11-17(16)28-4/h5-11H,12H2,1-4H3. The third kappa shape index (κ3) is 4.84. The van der Waals surface area contributed by atoms with Gasteiger partial charge in [0.05, 0.1) is 30.2 Å². The first-order chi connectivity index (χ1) is 14.8. The summed E-state index contributed by atoms with van der Waals surface area (Å²) in [5.74, 6) is 0.694. The summed E-state index contributed by atoms with van der Waals surface area (Å²) in [6, 6.07) is 10.7. The Morgan fingerprint density at radius 3 is 2.55 bits per heavy atom. The first-order valence-corrected chi connectivity index (χ1v) is 10.4. The van der Waals surface area contributed by atoms with E-state index in [1.807, 2.05) is 0 Å². The molecule has 164 valence electrons. The first kappa shape index (κ1) is 22.2. The molecule has 0 atom stereocenters. The highest BCUT2D eigenvalue weighted by Gasteiger charge is 2.20. The van der Waals surface area contributed by atoms with E-state index in [9.17, 15) is 13.2 Å². The van der Waals surface area contributed by atoms with Gasteiger partial charge in [0, 0.05) is 20.2 Å². The average Bonchev–Trinajstić information content (AvgIpc) is 3.25. The Hall–Kier alpha value is -3.44. The van der Waals surface area contributed by atoms with E-state index in [2.05, 4.69) is 10.1 Å². The van der Waals surface area contributed by atoms with Crippen molar-refractivity contribution in [3.8, 4) is 22.9 Å². The summed E-state index contributed by atoms with van der Waals surface area (Å²) in [5, 5.41) is 3.88. The number of esters is 1. The number of benzene rings is 2. The molecule has 31 heavy (non-hydrogen) atoms. The van der Waals surface area contributed by atoms with Crippen LogP contribution in [0.25, 0.3) is 11.4 Å². The zero-order chi connectivity index (χ0) is 22.6. The van der Waals surface area contributed by atoms with Crippen molar-refractivity contribution in [3.63, 3.8) is 0 Å². The van der Waals surface area contributed by atoms with Crippen LogP contribution in [0.4, 0.5) is 0 Å². The Bertz CT molecular complexity index is 1190. The topological polar surface area (TPSA) is 121 Å². The summed E-state index contributed by atoms with van der Waals surface area (Å²) in [4.78, 5) is 16.6. The van der Waals surface area contributed by atoms with Gasteiger partial charge in [-0.3, -0.25) is 0 Å². The molecule has 2 aromatic carbocycles. The number of hydrogen-bond acceptors (Lipinski definition) is 9. The fourth-order valence-electron chi connectivity index (χ4n) is 2.61. The molecule has 0 aliphatic heterocycles. The number of rotatable bonds is 8. The van der Waals surface area contributed by atoms with E-state index < -0.39 is 16.0 Å². The monoisotopic (exact) mass is 447 g/mol. The Labute approximate surface area is 179 Å². The molecule has 3 aromatic rings. The number of aromatic nitrogens is 2. The normalized spacial score (nSPS) is 11.4. The molecule has 11 heteroatoms. The van der Waals surface area contributed by atoms with Gasteiger partial charge in [0.2, 0.25) is 15.8 Å². The van der Waals surface area contributed by atoms with Crippen LogP contribution >= 0.6 is 0 Å². The summed E-state index contributed by atoms with van der Waals surface area (Å²) in [6.45, 7) is -0.283. The fraction of sp³-hybridized carbons (Fsp3) is 0.250. The van der Waals surface area contributed by atoms with Crippen LogP contribution in [0.1, 0.15) is 16.2 Å². The maximum atomic E-state index is 12.4. The van der Waals surface area contributed by atoms with Crippen LogP contribution in [-0.2, 0) is 21.4 Å². The van der Waals surface area contributed by atoms with Gasteiger partial charge >= 0.3 is 5.97 Å². The molecular formula is C20H21N3O7S. The van der Waals surface area contributed by atoms with Crippen LogP contribution in [0.2, 0.25) is 0 Å². The highest BCUT2D eigenvalue weighted by Crippen LogP contribution is 2.31. The number of hydrogen-bond donors (Lipinski definition) is 0. The minimum absolute atomic E-state index is 0.0152. The smallest absolute Gasteiger partial charge is 0.338 e. The highest BCUT2D eigenvalue weighted by atomic mass is 32.2. The van der Waals surface area contributed by atoms with Gasteiger partial charge in [0.1, 0.15) is 11.5 Å². The van der Waals surface area contributed by atoms with Crippen LogP contribution in [0.3, 0.4) is 0 Å². The maximum Gasteiger partial charge on any atom is 0.338 e. The lowest BCUT2D eigenvalue weighted by Gasteiger charge is -2.11. The Morgan fingerprint density at radius 2 is 1.87 bits per heavy atom. The summed E-state index contributed by atoms with van der Waals surface area (Å²) in [6.07, 6.45) is 0. The van der Waals surface area contributed by atoms with Crippen LogP contribution in [0.15, 0.2) is 51.9 Å². The van der Waals surface area contributed by atoms with Crippen LogP contribution in [0.5, 0.6) is 11.5 Å². The quantitative estimate of drug-likeness (QED) is 0.479. The zero-order valence-corrected chi connectivity index (χ0v) is 18.2. The molecule has 0 spiro atoms. The molecule has 0 radical (unpaired) electrons. The van der Waals surface area contributed by atoms with Crippen molar-refractivity contribution in [2.24, 2.45) is 0 Å². The molecule has 0 aliphatic rings. The molecule has 0 saturated heterocycles. The second kappa shape index (κ2) is 9.14. The lowest BCUT2D eigenvalue weighted by Crippen LogP contribution is -2.22. The lowest BCUT2D eigenvalue weighted by atomic mass is 10.2. The van der Waals surface area contributed by atoms with Gasteiger partial charge in [-0.25, -0.2) is 17.5 Å². The van der Waals surface area contributed by atoms with E-state index in [0.717, 1.165) is 4.31 Å². The average molecular weight is 447 g/mol. The predicted octanol–water partition coefficient (Wildman–Crippen LogP) is 2.36. The number of sulfonamides is 1. The van der Waals surface area contributed by atoms with E-state index in [1.165, 1.54) is 45.5 Å². The third-order valence-corrected chi connectivity index (χ3v) is 6.10. The van der Waals surface area contributed by atoms with E-state index >= 15 is 0 Å². The number of nitrogens with zero attached hydrogens (tertiary/aromatic N) is 3. The maximum absolute atomic E-state index is 12.4. The van der Waals surface area contributed by atoms with Crippen molar-refractivity contribution < 1.29 is 31.9 Å². The summed E-state index contributed by atoms with van der Waals surface area (Å²) in [5.41, 5.74) is 0.658. The molecule has 1 aromatic heterocycles. The second-order valence-electron chi connectivity index (χ2n) is 6.47. The number of carbonyl (C=O) groups is 1. The van der Waals surface area contributed by atoms with Gasteiger partial charge in [-0.15, -0.1) is 0 Å². The number of ether oxygens (including phenoxy) is 3. The van der Waals surface area contributed by atoms with Crippen LogP contribution < -0.4 is 9.47 Å². The van der Waals surface area contributed by atoms with Gasteiger partial charge in [-0.05, 0) is 30.3 Å². The first-order valence-electron chi connectivity index (χ1n) is 9.01. The molecule has 1 heterocycles. The van der Waals surface area contributed by atoms with Crippen molar-refractivity contribution in [2.45, 2.75) is 11.5 Å². The van der Waals surface area contributed by atoms with Crippen molar-refractivity contribution in [2.75, 3.05) is 28.3 Å². The number of methoxy groups -OCH3 is 2. The predicted molar refractivity (Wildman–Crippen MR) is 109 cm³/mol. The molecule has 3 rings (SSSR count). The Balaban J connectivity index is 1.72. The van der Waals surface area contributed by atoms with Gasteiger partial charge in [0.15, 0.2) is 6.61 Å². The molecular weight excluding hydrogens is 426 g/mol. The molecule has 0 fully saturated rings. The molecule has 0 aliphatic carbocycles. The molecule has 0 bridgehead atoms. The van der Waals surface area contributed by atoms with Crippen molar-refractivity contribution in [1.82, 2.24) is 14.4 Å². The number of carbonyl (C=O) groups excluding carboxylic acids is 1. The zero-order valence-electron chi connectivity index (χ0n) is 17.4. The fourth-order valence-corrected chi connectivity index (χ4v) is 3.56. The Kier molecular flexibility index (Phi) is 6.56. The summed E-state index contributed by atoms with van der Waals surface area (Å²) in [7, 11) is 2.19. The van der Waals surface area contributed by atoms with Crippen LogP contribution in [0, 0.1) is 0 Å². The molecule has 0 amide bonds. The summed E-state index contributed by atoms with van der Waals surface area (Å²) >= 11 is 0. The Morgan fingerprint density at radius 1 is 1.10 bits per heavy atom. The lowest BCUT2D eigenvalue weighted by molar-refractivity contribution is 0.0429.